The van der Waals surface area contributed by atoms with E-state index in [-0.39, 0.29) is 17.8 Å². The number of anilines is 1. The van der Waals surface area contributed by atoms with E-state index >= 15 is 0 Å². The number of amides is 1. The molecule has 0 saturated carbocycles. The summed E-state index contributed by atoms with van der Waals surface area (Å²) in [4.78, 5) is 17.0. The van der Waals surface area contributed by atoms with Crippen molar-refractivity contribution in [3.8, 4) is 17.0 Å². The lowest BCUT2D eigenvalue weighted by molar-refractivity contribution is -0.113. The minimum absolute atomic E-state index is 0.153. The topological polar surface area (TPSA) is 81.9 Å². The van der Waals surface area contributed by atoms with Gasteiger partial charge in [0.2, 0.25) is 5.91 Å². The minimum atomic E-state index is -0.322. The van der Waals surface area contributed by atoms with Gasteiger partial charge in [-0.1, -0.05) is 53.2 Å². The molecule has 1 N–H and O–H groups in total. The summed E-state index contributed by atoms with van der Waals surface area (Å²) < 4.78 is 7.84. The lowest BCUT2D eigenvalue weighted by Gasteiger charge is -2.15. The number of rotatable bonds is 8. The summed E-state index contributed by atoms with van der Waals surface area (Å²) >= 11 is 8.80. The number of hydrogen-bond acceptors (Lipinski definition) is 7. The van der Waals surface area contributed by atoms with E-state index in [0.29, 0.717) is 26.9 Å². The summed E-state index contributed by atoms with van der Waals surface area (Å²) in [6, 6.07) is 13.7. The molecule has 0 spiro atoms. The van der Waals surface area contributed by atoms with Gasteiger partial charge in [-0.25, -0.2) is 4.98 Å². The molecule has 7 nitrogen and oxygen atoms in total. The molecular formula is C24H24ClN5O2S2. The standard InChI is InChI=1S/C24H24ClN5O2S2/c1-14-5-7-17(8-6-14)20-12-33-23(26-20)27-21(31)13-34-24-29-28-22(30(24)4)16(3)32-18-9-10-19(25)15(2)11-18/h5-12,16H,13H2,1-4H3,(H,26,27,31). The zero-order valence-electron chi connectivity index (χ0n) is 19.2. The van der Waals surface area contributed by atoms with Crippen molar-refractivity contribution >= 4 is 45.7 Å². The number of carbonyl (C=O) groups is 1. The van der Waals surface area contributed by atoms with Crippen LogP contribution in [-0.2, 0) is 11.8 Å². The summed E-state index contributed by atoms with van der Waals surface area (Å²) in [6.45, 7) is 5.88. The van der Waals surface area contributed by atoms with E-state index in [9.17, 15) is 4.79 Å². The van der Waals surface area contributed by atoms with Crippen LogP contribution in [0.25, 0.3) is 11.3 Å². The van der Waals surface area contributed by atoms with Crippen LogP contribution in [0.15, 0.2) is 53.0 Å². The van der Waals surface area contributed by atoms with Gasteiger partial charge in [-0.3, -0.25) is 4.79 Å². The van der Waals surface area contributed by atoms with Crippen LogP contribution in [0.3, 0.4) is 0 Å². The van der Waals surface area contributed by atoms with E-state index in [1.807, 2.05) is 80.2 Å². The third-order valence-corrected chi connectivity index (χ3v) is 7.31. The average Bonchev–Trinajstić information content (AvgIpc) is 3.42. The predicted molar refractivity (Wildman–Crippen MR) is 138 cm³/mol. The molecule has 0 saturated heterocycles. The van der Waals surface area contributed by atoms with E-state index in [1.165, 1.54) is 28.7 Å². The number of aromatic nitrogens is 4. The van der Waals surface area contributed by atoms with Crippen LogP contribution < -0.4 is 10.1 Å². The molecule has 0 radical (unpaired) electrons. The number of ether oxygens (including phenoxy) is 1. The fourth-order valence-corrected chi connectivity index (χ4v) is 4.80. The predicted octanol–water partition coefficient (Wildman–Crippen LogP) is 6.08. The first-order valence-corrected chi connectivity index (χ1v) is 12.8. The van der Waals surface area contributed by atoms with Crippen molar-refractivity contribution < 1.29 is 9.53 Å². The molecule has 0 bridgehead atoms. The van der Waals surface area contributed by atoms with Crippen molar-refractivity contribution in [3.05, 3.63) is 69.8 Å². The molecule has 1 unspecified atom stereocenters. The van der Waals surface area contributed by atoms with Crippen molar-refractivity contribution in [1.82, 2.24) is 19.7 Å². The molecule has 0 aliphatic heterocycles. The van der Waals surface area contributed by atoms with Gasteiger partial charge in [0.15, 0.2) is 22.2 Å². The SMILES string of the molecule is Cc1ccc(-c2csc(NC(=O)CSc3nnc(C(C)Oc4ccc(Cl)c(C)c4)n3C)n2)cc1. The van der Waals surface area contributed by atoms with Gasteiger partial charge in [0.25, 0.3) is 0 Å². The Kier molecular flexibility index (Phi) is 7.55. The van der Waals surface area contributed by atoms with Crippen molar-refractivity contribution in [2.45, 2.75) is 32.0 Å². The Labute approximate surface area is 211 Å². The van der Waals surface area contributed by atoms with E-state index in [0.717, 1.165) is 16.8 Å². The number of thioether (sulfide) groups is 1. The van der Waals surface area contributed by atoms with Gasteiger partial charge < -0.3 is 14.6 Å². The highest BCUT2D eigenvalue weighted by molar-refractivity contribution is 7.99. The summed E-state index contributed by atoms with van der Waals surface area (Å²) in [7, 11) is 1.86. The van der Waals surface area contributed by atoms with Crippen molar-refractivity contribution in [2.75, 3.05) is 11.1 Å². The van der Waals surface area contributed by atoms with Gasteiger partial charge >= 0.3 is 0 Å². The molecule has 34 heavy (non-hydrogen) atoms. The van der Waals surface area contributed by atoms with Gasteiger partial charge in [0, 0.05) is 23.0 Å². The molecule has 0 fully saturated rings. The zero-order valence-corrected chi connectivity index (χ0v) is 21.6. The van der Waals surface area contributed by atoms with Gasteiger partial charge in [-0.05, 0) is 44.5 Å². The molecule has 176 valence electrons. The highest BCUT2D eigenvalue weighted by atomic mass is 35.5. The summed E-state index contributed by atoms with van der Waals surface area (Å²) in [5.74, 6) is 1.41. The van der Waals surface area contributed by atoms with E-state index in [4.69, 9.17) is 16.3 Å². The van der Waals surface area contributed by atoms with Crippen LogP contribution in [0.1, 0.15) is 30.0 Å². The molecule has 1 atom stereocenters. The van der Waals surface area contributed by atoms with Crippen LogP contribution >= 0.6 is 34.7 Å². The fourth-order valence-electron chi connectivity index (χ4n) is 3.23. The maximum absolute atomic E-state index is 12.5. The quantitative estimate of drug-likeness (QED) is 0.287. The smallest absolute Gasteiger partial charge is 0.236 e. The molecule has 2 aromatic heterocycles. The maximum atomic E-state index is 12.5. The largest absolute Gasteiger partial charge is 0.483 e. The number of aryl methyl sites for hydroxylation is 2. The second-order valence-electron chi connectivity index (χ2n) is 7.81. The first-order chi connectivity index (χ1) is 16.3. The molecule has 1 amide bonds. The third kappa shape index (κ3) is 5.78. The fraction of sp³-hybridized carbons (Fsp3) is 0.250. The zero-order chi connectivity index (χ0) is 24.2. The lowest BCUT2D eigenvalue weighted by atomic mass is 10.1. The monoisotopic (exact) mass is 513 g/mol. The Morgan fingerprint density at radius 3 is 2.71 bits per heavy atom. The summed E-state index contributed by atoms with van der Waals surface area (Å²) in [6.07, 6.45) is -0.322. The Morgan fingerprint density at radius 1 is 1.21 bits per heavy atom. The summed E-state index contributed by atoms with van der Waals surface area (Å²) in [5.41, 5.74) is 4.00. The molecule has 10 heteroatoms. The summed E-state index contributed by atoms with van der Waals surface area (Å²) in [5, 5.41) is 15.2. The molecule has 2 aromatic carbocycles. The van der Waals surface area contributed by atoms with Crippen molar-refractivity contribution in [2.24, 2.45) is 7.05 Å². The van der Waals surface area contributed by atoms with Crippen molar-refractivity contribution in [1.29, 1.82) is 0 Å². The molecule has 2 heterocycles. The number of halogens is 1. The van der Waals surface area contributed by atoms with Gasteiger partial charge in [0.05, 0.1) is 11.4 Å². The van der Waals surface area contributed by atoms with E-state index in [2.05, 4.69) is 20.5 Å². The van der Waals surface area contributed by atoms with Crippen molar-refractivity contribution in [3.63, 3.8) is 0 Å². The molecular weight excluding hydrogens is 490 g/mol. The molecule has 0 aliphatic rings. The number of hydrogen-bond donors (Lipinski definition) is 1. The normalized spacial score (nSPS) is 11.9. The van der Waals surface area contributed by atoms with Crippen LogP contribution in [0.2, 0.25) is 5.02 Å². The number of nitrogens with zero attached hydrogens (tertiary/aromatic N) is 4. The van der Waals surface area contributed by atoms with Gasteiger partial charge in [0.1, 0.15) is 5.75 Å². The van der Waals surface area contributed by atoms with E-state index < -0.39 is 0 Å². The molecule has 4 rings (SSSR count). The Hall–Kier alpha value is -2.88. The number of carbonyl (C=O) groups excluding carboxylic acids is 1. The highest BCUT2D eigenvalue weighted by Gasteiger charge is 2.18. The van der Waals surface area contributed by atoms with Crippen LogP contribution in [0.5, 0.6) is 5.75 Å². The second-order valence-corrected chi connectivity index (χ2v) is 10.0. The van der Waals surface area contributed by atoms with Gasteiger partial charge in [-0.15, -0.1) is 21.5 Å². The third-order valence-electron chi connectivity index (χ3n) is 5.10. The van der Waals surface area contributed by atoms with Gasteiger partial charge in [-0.2, -0.15) is 0 Å². The van der Waals surface area contributed by atoms with Crippen LogP contribution in [0, 0.1) is 13.8 Å². The Balaban J connectivity index is 1.33. The maximum Gasteiger partial charge on any atom is 0.236 e. The average molecular weight is 514 g/mol. The Bertz CT molecular complexity index is 1300. The number of thiazole rings is 1. The first kappa shape index (κ1) is 24.3. The lowest BCUT2D eigenvalue weighted by Crippen LogP contribution is -2.14. The van der Waals surface area contributed by atoms with Crippen LogP contribution in [-0.4, -0.2) is 31.4 Å². The number of benzene rings is 2. The first-order valence-electron chi connectivity index (χ1n) is 10.6. The minimum Gasteiger partial charge on any atom is -0.483 e. The van der Waals surface area contributed by atoms with Crippen LogP contribution in [0.4, 0.5) is 5.13 Å². The number of nitrogens with one attached hydrogen (secondary N) is 1. The second kappa shape index (κ2) is 10.6. The molecule has 4 aromatic rings. The highest BCUT2D eigenvalue weighted by Crippen LogP contribution is 2.28. The Morgan fingerprint density at radius 2 is 1.97 bits per heavy atom. The molecule has 0 aliphatic carbocycles. The van der Waals surface area contributed by atoms with E-state index in [1.54, 1.807) is 0 Å².